The van der Waals surface area contributed by atoms with Gasteiger partial charge < -0.3 is 9.30 Å². The highest BCUT2D eigenvalue weighted by molar-refractivity contribution is 5.68. The van der Waals surface area contributed by atoms with E-state index in [-0.39, 0.29) is 11.0 Å². The first kappa shape index (κ1) is 14.1. The number of ether oxygens (including phenoxy) is 1. The summed E-state index contributed by atoms with van der Waals surface area (Å²) in [4.78, 5) is 31.3. The van der Waals surface area contributed by atoms with Gasteiger partial charge in [-0.3, -0.25) is 14.3 Å². The number of imidazole rings is 1. The molecule has 1 aliphatic rings. The van der Waals surface area contributed by atoms with Crippen molar-refractivity contribution in [3.8, 4) is 0 Å². The maximum absolute atomic E-state index is 12.5. The number of hydrogen-bond acceptors (Lipinski definition) is 4. The van der Waals surface area contributed by atoms with Gasteiger partial charge in [-0.2, -0.15) is 0 Å². The van der Waals surface area contributed by atoms with Gasteiger partial charge in [0.15, 0.2) is 11.2 Å². The molecule has 2 aromatic rings. The molecule has 0 aliphatic carbocycles. The molecule has 3 rings (SSSR count). The largest absolute Gasteiger partial charge is 0.381 e. The molecule has 7 heteroatoms. The van der Waals surface area contributed by atoms with Crippen LogP contribution in [0.4, 0.5) is 0 Å². The maximum Gasteiger partial charge on any atom is 0.330 e. The van der Waals surface area contributed by atoms with Crippen molar-refractivity contribution in [2.75, 3.05) is 13.2 Å². The van der Waals surface area contributed by atoms with E-state index in [2.05, 4.69) is 16.9 Å². The van der Waals surface area contributed by atoms with Gasteiger partial charge in [-0.1, -0.05) is 6.92 Å². The van der Waals surface area contributed by atoms with Crippen molar-refractivity contribution < 1.29 is 4.74 Å². The Morgan fingerprint density at radius 1 is 1.48 bits per heavy atom. The summed E-state index contributed by atoms with van der Waals surface area (Å²) < 4.78 is 8.40. The predicted octanol–water partition coefficient (Wildman–Crippen LogP) is 0.630. The summed E-state index contributed by atoms with van der Waals surface area (Å²) in [5.74, 6) is 0. The van der Waals surface area contributed by atoms with Crippen molar-refractivity contribution in [1.29, 1.82) is 0 Å². The van der Waals surface area contributed by atoms with E-state index in [0.717, 1.165) is 25.9 Å². The summed E-state index contributed by atoms with van der Waals surface area (Å²) in [5, 5.41) is 0. The first-order valence-corrected chi connectivity index (χ1v) is 7.28. The predicted molar refractivity (Wildman–Crippen MR) is 78.4 cm³/mol. The van der Waals surface area contributed by atoms with Crippen LogP contribution in [-0.2, 0) is 18.3 Å². The van der Waals surface area contributed by atoms with Gasteiger partial charge in [-0.25, -0.2) is 9.78 Å². The van der Waals surface area contributed by atoms with Gasteiger partial charge in [0.1, 0.15) is 0 Å². The second-order valence-corrected chi connectivity index (χ2v) is 5.85. The maximum atomic E-state index is 12.5. The Kier molecular flexibility index (Phi) is 3.44. The van der Waals surface area contributed by atoms with Crippen molar-refractivity contribution in [2.45, 2.75) is 32.7 Å². The molecule has 0 aromatic carbocycles. The third-order valence-electron chi connectivity index (χ3n) is 4.66. The molecule has 0 amide bonds. The van der Waals surface area contributed by atoms with Gasteiger partial charge in [0, 0.05) is 20.2 Å². The molecule has 21 heavy (non-hydrogen) atoms. The van der Waals surface area contributed by atoms with Gasteiger partial charge in [-0.15, -0.1) is 0 Å². The molecule has 0 bridgehead atoms. The lowest BCUT2D eigenvalue weighted by Crippen LogP contribution is -2.37. The van der Waals surface area contributed by atoms with Gasteiger partial charge in [-0.05, 0) is 24.7 Å². The quantitative estimate of drug-likeness (QED) is 0.896. The number of aromatic amines is 1. The number of aromatic nitrogens is 4. The van der Waals surface area contributed by atoms with Crippen molar-refractivity contribution in [3.05, 3.63) is 27.2 Å². The Bertz CT molecular complexity index is 765. The average Bonchev–Trinajstić information content (AvgIpc) is 3.06. The number of H-pyrrole nitrogens is 1. The molecule has 0 saturated carbocycles. The van der Waals surface area contributed by atoms with E-state index >= 15 is 0 Å². The Morgan fingerprint density at radius 3 is 2.95 bits per heavy atom. The Balaban J connectivity index is 1.95. The van der Waals surface area contributed by atoms with Crippen LogP contribution in [0.2, 0.25) is 0 Å². The van der Waals surface area contributed by atoms with Crippen LogP contribution in [0, 0.1) is 5.41 Å². The van der Waals surface area contributed by atoms with Crippen molar-refractivity contribution in [2.24, 2.45) is 12.5 Å². The lowest BCUT2D eigenvalue weighted by Gasteiger charge is -2.25. The minimum atomic E-state index is -0.392. The van der Waals surface area contributed by atoms with Crippen LogP contribution in [-0.4, -0.2) is 32.3 Å². The molecule has 114 valence electrons. The summed E-state index contributed by atoms with van der Waals surface area (Å²) in [7, 11) is 1.75. The van der Waals surface area contributed by atoms with E-state index in [1.54, 1.807) is 11.6 Å². The highest BCUT2D eigenvalue weighted by Crippen LogP contribution is 2.35. The van der Waals surface area contributed by atoms with E-state index in [1.165, 1.54) is 10.9 Å². The summed E-state index contributed by atoms with van der Waals surface area (Å²) in [6.07, 6.45) is 4.29. The van der Waals surface area contributed by atoms with Crippen molar-refractivity contribution in [3.63, 3.8) is 0 Å². The van der Waals surface area contributed by atoms with E-state index in [1.807, 2.05) is 0 Å². The van der Waals surface area contributed by atoms with Gasteiger partial charge in [0.25, 0.3) is 5.56 Å². The van der Waals surface area contributed by atoms with E-state index in [9.17, 15) is 9.59 Å². The summed E-state index contributed by atoms with van der Waals surface area (Å²) in [6.45, 7) is 4.02. The van der Waals surface area contributed by atoms with Crippen LogP contribution in [0.1, 0.15) is 26.2 Å². The van der Waals surface area contributed by atoms with Crippen LogP contribution >= 0.6 is 0 Å². The van der Waals surface area contributed by atoms with Gasteiger partial charge in [0.05, 0.1) is 12.9 Å². The van der Waals surface area contributed by atoms with Crippen LogP contribution in [0.25, 0.3) is 11.2 Å². The van der Waals surface area contributed by atoms with Crippen LogP contribution < -0.4 is 11.2 Å². The molecular formula is C14H20N4O3. The number of aryl methyl sites for hydroxylation is 1. The highest BCUT2D eigenvalue weighted by Gasteiger charge is 2.33. The molecule has 7 nitrogen and oxygen atoms in total. The third kappa shape index (κ3) is 2.31. The summed E-state index contributed by atoms with van der Waals surface area (Å²) >= 11 is 0. The van der Waals surface area contributed by atoms with E-state index in [0.29, 0.717) is 24.3 Å². The average molecular weight is 292 g/mol. The standard InChI is InChI=1S/C14H20N4O3/c1-3-14(5-7-21-8-14)4-6-18-12(19)10-11(16-13(18)20)15-9-17(10)2/h9H,3-8H2,1-2H3,(H,16,20). The number of nitrogens with zero attached hydrogens (tertiary/aromatic N) is 3. The SMILES string of the molecule is CCC1(CCn2c(=O)[nH]c3ncn(C)c3c2=O)CCOC1. The van der Waals surface area contributed by atoms with Crippen LogP contribution in [0.15, 0.2) is 15.9 Å². The molecule has 1 fully saturated rings. The Labute approximate surface area is 121 Å². The fourth-order valence-electron chi connectivity index (χ4n) is 3.02. The first-order valence-electron chi connectivity index (χ1n) is 7.28. The first-order chi connectivity index (χ1) is 10.1. The number of nitrogens with one attached hydrogen (secondary N) is 1. The third-order valence-corrected chi connectivity index (χ3v) is 4.66. The van der Waals surface area contributed by atoms with Crippen LogP contribution in [0.5, 0.6) is 0 Å². The second-order valence-electron chi connectivity index (χ2n) is 5.85. The second kappa shape index (κ2) is 5.14. The molecule has 3 heterocycles. The molecule has 1 unspecified atom stereocenters. The molecular weight excluding hydrogens is 272 g/mol. The summed E-state index contributed by atoms with van der Waals surface area (Å²) in [5.41, 5.74) is 0.198. The van der Waals surface area contributed by atoms with Gasteiger partial charge in [0.2, 0.25) is 0 Å². The molecule has 1 saturated heterocycles. The monoisotopic (exact) mass is 292 g/mol. The zero-order chi connectivity index (χ0) is 15.0. The molecule has 0 spiro atoms. The minimum Gasteiger partial charge on any atom is -0.381 e. The van der Waals surface area contributed by atoms with Gasteiger partial charge >= 0.3 is 5.69 Å². The zero-order valence-corrected chi connectivity index (χ0v) is 12.4. The highest BCUT2D eigenvalue weighted by atomic mass is 16.5. The normalized spacial score (nSPS) is 22.2. The lowest BCUT2D eigenvalue weighted by atomic mass is 9.81. The number of fused-ring (bicyclic) bond motifs is 1. The topological polar surface area (TPSA) is 81.9 Å². The Morgan fingerprint density at radius 2 is 2.29 bits per heavy atom. The fraction of sp³-hybridized carbons (Fsp3) is 0.643. The fourth-order valence-corrected chi connectivity index (χ4v) is 3.02. The van der Waals surface area contributed by atoms with E-state index < -0.39 is 5.69 Å². The smallest absolute Gasteiger partial charge is 0.330 e. The number of rotatable bonds is 4. The molecule has 1 N–H and O–H groups in total. The number of hydrogen-bond donors (Lipinski definition) is 1. The molecule has 1 aliphatic heterocycles. The Hall–Kier alpha value is -1.89. The minimum absolute atomic E-state index is 0.0906. The van der Waals surface area contributed by atoms with E-state index in [4.69, 9.17) is 4.74 Å². The van der Waals surface area contributed by atoms with Crippen LogP contribution in [0.3, 0.4) is 0 Å². The zero-order valence-electron chi connectivity index (χ0n) is 12.4. The molecule has 2 aromatic heterocycles. The van der Waals surface area contributed by atoms with Crippen molar-refractivity contribution in [1.82, 2.24) is 19.1 Å². The van der Waals surface area contributed by atoms with Crippen molar-refractivity contribution >= 4 is 11.2 Å². The molecule has 1 atom stereocenters. The summed E-state index contributed by atoms with van der Waals surface area (Å²) in [6, 6.07) is 0. The lowest BCUT2D eigenvalue weighted by molar-refractivity contribution is 0.139. The molecule has 0 radical (unpaired) electrons.